The second-order valence-electron chi connectivity index (χ2n) is 5.43. The Morgan fingerprint density at radius 3 is 2.96 bits per heavy atom. The molecule has 1 atom stereocenters. The van der Waals surface area contributed by atoms with Crippen molar-refractivity contribution >= 4 is 11.6 Å². The van der Waals surface area contributed by atoms with Crippen molar-refractivity contribution < 1.29 is 14.3 Å². The number of nitrogens with zero attached hydrogens (tertiary/aromatic N) is 2. The van der Waals surface area contributed by atoms with Crippen LogP contribution in [0.1, 0.15) is 19.8 Å². The summed E-state index contributed by atoms with van der Waals surface area (Å²) < 4.78 is 11.3. The van der Waals surface area contributed by atoms with Crippen LogP contribution in [-0.4, -0.2) is 49.8 Å². The number of ether oxygens (including phenoxy) is 2. The molecular weight excluding hydrogens is 294 g/mol. The lowest BCUT2D eigenvalue weighted by molar-refractivity contribution is -0.115. The fourth-order valence-electron chi connectivity index (χ4n) is 2.55. The van der Waals surface area contributed by atoms with Gasteiger partial charge in [-0.3, -0.25) is 9.69 Å². The van der Waals surface area contributed by atoms with E-state index in [2.05, 4.69) is 17.1 Å². The molecule has 0 unspecified atom stereocenters. The molecule has 0 bridgehead atoms. The van der Waals surface area contributed by atoms with Crippen molar-refractivity contribution in [2.75, 3.05) is 38.2 Å². The second-order valence-corrected chi connectivity index (χ2v) is 5.43. The highest BCUT2D eigenvalue weighted by atomic mass is 16.5. The van der Waals surface area contributed by atoms with E-state index in [1.54, 1.807) is 12.1 Å². The summed E-state index contributed by atoms with van der Waals surface area (Å²) in [5.74, 6) is 0.462. The van der Waals surface area contributed by atoms with Gasteiger partial charge in [-0.15, -0.1) is 0 Å². The molecule has 1 aromatic rings. The molecule has 0 radical (unpaired) electrons. The quantitative estimate of drug-likeness (QED) is 0.833. The third-order valence-corrected chi connectivity index (χ3v) is 3.85. The molecule has 0 aromatic heterocycles. The molecule has 6 nitrogen and oxygen atoms in total. The Morgan fingerprint density at radius 1 is 1.48 bits per heavy atom. The normalized spacial score (nSPS) is 18.2. The zero-order chi connectivity index (χ0) is 16.5. The molecule has 1 aliphatic rings. The van der Waals surface area contributed by atoms with Gasteiger partial charge in [0, 0.05) is 24.8 Å². The third-order valence-electron chi connectivity index (χ3n) is 3.85. The van der Waals surface area contributed by atoms with E-state index in [0.29, 0.717) is 18.3 Å². The molecule has 0 spiro atoms. The number of hydrogen-bond donors (Lipinski definition) is 1. The van der Waals surface area contributed by atoms with Crippen molar-refractivity contribution in [3.63, 3.8) is 0 Å². The number of anilines is 1. The van der Waals surface area contributed by atoms with Crippen LogP contribution in [0, 0.1) is 11.3 Å². The van der Waals surface area contributed by atoms with E-state index >= 15 is 0 Å². The topological polar surface area (TPSA) is 74.6 Å². The largest absolute Gasteiger partial charge is 0.492 e. The number of hydrogen-bond acceptors (Lipinski definition) is 5. The van der Waals surface area contributed by atoms with Crippen LogP contribution in [0.2, 0.25) is 0 Å². The maximum atomic E-state index is 11.3. The van der Waals surface area contributed by atoms with Crippen LogP contribution in [-0.2, 0) is 9.53 Å². The van der Waals surface area contributed by atoms with Crippen molar-refractivity contribution in [2.24, 2.45) is 0 Å². The first-order chi connectivity index (χ1) is 11.2. The zero-order valence-electron chi connectivity index (χ0n) is 13.5. The average Bonchev–Trinajstić information content (AvgIpc) is 2.57. The SMILES string of the molecule is CC[C@@H]1COCCN1CCOc1ccc(NC(=O)CC#N)cc1. The maximum absolute atomic E-state index is 11.3. The molecule has 23 heavy (non-hydrogen) atoms. The molecular formula is C17H23N3O3. The summed E-state index contributed by atoms with van der Waals surface area (Å²) >= 11 is 0. The molecule has 1 heterocycles. The molecule has 6 heteroatoms. The van der Waals surface area contributed by atoms with E-state index in [1.807, 2.05) is 18.2 Å². The van der Waals surface area contributed by atoms with Crippen LogP contribution in [0.5, 0.6) is 5.75 Å². The summed E-state index contributed by atoms with van der Waals surface area (Å²) in [7, 11) is 0. The minimum atomic E-state index is -0.306. The van der Waals surface area contributed by atoms with Crippen molar-refractivity contribution in [3.8, 4) is 11.8 Å². The van der Waals surface area contributed by atoms with Crippen LogP contribution in [0.4, 0.5) is 5.69 Å². The molecule has 124 valence electrons. The van der Waals surface area contributed by atoms with Crippen molar-refractivity contribution in [1.29, 1.82) is 5.26 Å². The molecule has 1 saturated heterocycles. The van der Waals surface area contributed by atoms with Gasteiger partial charge < -0.3 is 14.8 Å². The number of carbonyl (C=O) groups excluding carboxylic acids is 1. The lowest BCUT2D eigenvalue weighted by Crippen LogP contribution is -2.46. The highest BCUT2D eigenvalue weighted by molar-refractivity contribution is 5.92. The molecule has 0 aliphatic carbocycles. The van der Waals surface area contributed by atoms with Crippen molar-refractivity contribution in [1.82, 2.24) is 4.90 Å². The van der Waals surface area contributed by atoms with Crippen molar-refractivity contribution in [3.05, 3.63) is 24.3 Å². The molecule has 1 aromatic carbocycles. The first kappa shape index (κ1) is 17.3. The molecule has 0 saturated carbocycles. The molecule has 1 N–H and O–H groups in total. The average molecular weight is 317 g/mol. The van der Waals surface area contributed by atoms with Gasteiger partial charge in [0.05, 0.1) is 19.3 Å². The summed E-state index contributed by atoms with van der Waals surface area (Å²) in [5, 5.41) is 11.1. The number of nitrogens with one attached hydrogen (secondary N) is 1. The Hall–Kier alpha value is -2.10. The Labute approximate surface area is 137 Å². The highest BCUT2D eigenvalue weighted by Crippen LogP contribution is 2.16. The van der Waals surface area contributed by atoms with Gasteiger partial charge in [-0.25, -0.2) is 0 Å². The van der Waals surface area contributed by atoms with Gasteiger partial charge in [0.1, 0.15) is 18.8 Å². The minimum Gasteiger partial charge on any atom is -0.492 e. The van der Waals surface area contributed by atoms with Gasteiger partial charge in [0.25, 0.3) is 0 Å². The summed E-state index contributed by atoms with van der Waals surface area (Å²) in [5.41, 5.74) is 0.664. The summed E-state index contributed by atoms with van der Waals surface area (Å²) in [6, 6.07) is 9.47. The van der Waals surface area contributed by atoms with Gasteiger partial charge in [-0.1, -0.05) is 6.92 Å². The van der Waals surface area contributed by atoms with Crippen molar-refractivity contribution in [2.45, 2.75) is 25.8 Å². The number of rotatable bonds is 7. The number of carbonyl (C=O) groups is 1. The molecule has 1 aliphatic heterocycles. The molecule has 1 fully saturated rings. The maximum Gasteiger partial charge on any atom is 0.238 e. The van der Waals surface area contributed by atoms with E-state index in [9.17, 15) is 4.79 Å². The minimum absolute atomic E-state index is 0.142. The van der Waals surface area contributed by atoms with Crippen LogP contribution in [0.25, 0.3) is 0 Å². The first-order valence-electron chi connectivity index (χ1n) is 7.94. The Morgan fingerprint density at radius 2 is 2.26 bits per heavy atom. The van der Waals surface area contributed by atoms with E-state index in [-0.39, 0.29) is 12.3 Å². The standard InChI is InChI=1S/C17H23N3O3/c1-2-15-13-22-11-9-20(15)10-12-23-16-5-3-14(4-6-16)19-17(21)7-8-18/h3-6,15H,2,7,9-13H2,1H3,(H,19,21)/t15-/m1/s1. The fraction of sp³-hybridized carbons (Fsp3) is 0.529. The summed E-state index contributed by atoms with van der Waals surface area (Å²) in [4.78, 5) is 13.7. The lowest BCUT2D eigenvalue weighted by Gasteiger charge is -2.34. The van der Waals surface area contributed by atoms with Gasteiger partial charge in [-0.05, 0) is 30.7 Å². The number of benzene rings is 1. The molecule has 2 rings (SSSR count). The van der Waals surface area contributed by atoms with E-state index < -0.39 is 0 Å². The lowest BCUT2D eigenvalue weighted by atomic mass is 10.2. The van der Waals surface area contributed by atoms with E-state index in [1.165, 1.54) is 0 Å². The van der Waals surface area contributed by atoms with Crippen LogP contribution in [0.15, 0.2) is 24.3 Å². The number of nitriles is 1. The van der Waals surface area contributed by atoms with Gasteiger partial charge in [-0.2, -0.15) is 5.26 Å². The summed E-state index contributed by atoms with van der Waals surface area (Å²) in [6.07, 6.45) is 0.938. The zero-order valence-corrected chi connectivity index (χ0v) is 13.5. The predicted molar refractivity (Wildman–Crippen MR) is 87.3 cm³/mol. The summed E-state index contributed by atoms with van der Waals surface area (Å²) in [6.45, 7) is 6.21. The highest BCUT2D eigenvalue weighted by Gasteiger charge is 2.20. The molecule has 1 amide bonds. The van der Waals surface area contributed by atoms with E-state index in [0.717, 1.165) is 38.5 Å². The Kier molecular flexibility index (Phi) is 6.85. The van der Waals surface area contributed by atoms with Crippen LogP contribution < -0.4 is 10.1 Å². The Balaban J connectivity index is 1.75. The fourth-order valence-corrected chi connectivity index (χ4v) is 2.55. The number of amides is 1. The predicted octanol–water partition coefficient (Wildman–Crippen LogP) is 2.03. The monoisotopic (exact) mass is 317 g/mol. The first-order valence-corrected chi connectivity index (χ1v) is 7.94. The second kappa shape index (κ2) is 9.13. The number of morpholine rings is 1. The third kappa shape index (κ3) is 5.55. The van der Waals surface area contributed by atoms with Crippen LogP contribution >= 0.6 is 0 Å². The smallest absolute Gasteiger partial charge is 0.238 e. The van der Waals surface area contributed by atoms with Gasteiger partial charge >= 0.3 is 0 Å². The Bertz CT molecular complexity index is 539. The van der Waals surface area contributed by atoms with Gasteiger partial charge in [0.15, 0.2) is 0 Å². The van der Waals surface area contributed by atoms with E-state index in [4.69, 9.17) is 14.7 Å². The van der Waals surface area contributed by atoms with Crippen LogP contribution in [0.3, 0.4) is 0 Å². The van der Waals surface area contributed by atoms with Gasteiger partial charge in [0.2, 0.25) is 5.91 Å².